The van der Waals surface area contributed by atoms with Crippen LogP contribution >= 0.6 is 11.6 Å². The van der Waals surface area contributed by atoms with E-state index in [1.54, 1.807) is 20.2 Å². The number of hydrogen-bond acceptors (Lipinski definition) is 9. The van der Waals surface area contributed by atoms with E-state index in [4.69, 9.17) is 21.1 Å². The maximum Gasteiger partial charge on any atom is 0.267 e. The summed E-state index contributed by atoms with van der Waals surface area (Å²) < 4.78 is 42.2. The topological polar surface area (TPSA) is 115 Å². The average molecular weight is 612 g/mol. The number of piperazine rings is 1. The molecule has 0 radical (unpaired) electrons. The van der Waals surface area contributed by atoms with Crippen LogP contribution in [0, 0.1) is 6.92 Å². The second-order valence-corrected chi connectivity index (χ2v) is 12.2. The zero-order chi connectivity index (χ0) is 30.0. The van der Waals surface area contributed by atoms with Gasteiger partial charge in [-0.3, -0.25) is 4.68 Å². The van der Waals surface area contributed by atoms with E-state index in [1.165, 1.54) is 17.1 Å². The number of rotatable bonds is 9. The van der Waals surface area contributed by atoms with Crippen molar-refractivity contribution in [1.82, 2.24) is 24.6 Å². The molecule has 0 atom stereocenters. The normalized spacial score (nSPS) is 14.2. The molecule has 2 aromatic heterocycles. The third kappa shape index (κ3) is 6.15. The molecule has 1 aliphatic heterocycles. The molecule has 2 aromatic carbocycles. The molecule has 4 aromatic rings. The Morgan fingerprint density at radius 1 is 1.07 bits per heavy atom. The van der Waals surface area contributed by atoms with E-state index < -0.39 is 10.0 Å². The smallest absolute Gasteiger partial charge is 0.267 e. The molecule has 1 saturated heterocycles. The first kappa shape index (κ1) is 29.6. The van der Waals surface area contributed by atoms with E-state index in [-0.39, 0.29) is 16.7 Å². The average Bonchev–Trinajstić information content (AvgIpc) is 3.42. The Morgan fingerprint density at radius 2 is 1.83 bits per heavy atom. The number of aromatic nitrogens is 4. The van der Waals surface area contributed by atoms with Crippen LogP contribution in [0.15, 0.2) is 53.7 Å². The number of benzene rings is 2. The van der Waals surface area contributed by atoms with Crippen LogP contribution in [-0.2, 0) is 23.5 Å². The fourth-order valence-electron chi connectivity index (χ4n) is 4.81. The van der Waals surface area contributed by atoms with E-state index in [2.05, 4.69) is 36.6 Å². The molecule has 5 rings (SSSR count). The van der Waals surface area contributed by atoms with Crippen LogP contribution in [0.3, 0.4) is 0 Å². The molecule has 0 spiro atoms. The van der Waals surface area contributed by atoms with Gasteiger partial charge in [-0.05, 0) is 50.2 Å². The highest BCUT2D eigenvalue weighted by Gasteiger charge is 2.25. The van der Waals surface area contributed by atoms with Crippen molar-refractivity contribution in [1.29, 1.82) is 0 Å². The van der Waals surface area contributed by atoms with Gasteiger partial charge >= 0.3 is 0 Å². The van der Waals surface area contributed by atoms with Crippen LogP contribution in [0.2, 0.25) is 5.02 Å². The van der Waals surface area contributed by atoms with Crippen molar-refractivity contribution >= 4 is 33.3 Å². The van der Waals surface area contributed by atoms with Crippen molar-refractivity contribution in [2.75, 3.05) is 50.0 Å². The van der Waals surface area contributed by atoms with E-state index >= 15 is 0 Å². The maximum absolute atomic E-state index is 13.2. The molecule has 3 heterocycles. The van der Waals surface area contributed by atoms with Gasteiger partial charge in [0.25, 0.3) is 10.0 Å². The first-order valence-electron chi connectivity index (χ1n) is 13.6. The minimum absolute atomic E-state index is 0.0160. The SMILES string of the molecule is CCc1c(Oc2cccc(N3CCN(C)CC3)c2Cl)nc(NS(=O)(=O)c2cnn(C)c2)nc1-c1cc(OC)ccc1C. The number of halogens is 1. The van der Waals surface area contributed by atoms with Crippen LogP contribution in [-0.4, -0.2) is 73.4 Å². The van der Waals surface area contributed by atoms with Gasteiger partial charge in [0.1, 0.15) is 21.4 Å². The number of ether oxygens (including phenoxy) is 2. The maximum atomic E-state index is 13.2. The molecule has 13 heteroatoms. The molecule has 0 amide bonds. The Morgan fingerprint density at radius 3 is 2.50 bits per heavy atom. The lowest BCUT2D eigenvalue weighted by atomic mass is 10.00. The predicted octanol–water partition coefficient (Wildman–Crippen LogP) is 4.75. The summed E-state index contributed by atoms with van der Waals surface area (Å²) >= 11 is 6.91. The Labute approximate surface area is 251 Å². The highest BCUT2D eigenvalue weighted by atomic mass is 35.5. The molecular weight excluding hydrogens is 578 g/mol. The second-order valence-electron chi connectivity index (χ2n) is 10.2. The fraction of sp³-hybridized carbons (Fsp3) is 0.345. The standard InChI is InChI=1S/C29H34ClN7O4S/c1-6-22-27(23-16-20(40-5)11-10-19(23)2)32-29(34-42(38,39)21-17-31-36(4)18-21)33-28(22)41-25-9-7-8-24(26(25)30)37-14-12-35(3)13-15-37/h7-11,16-18H,6,12-15H2,1-5H3,(H,32,33,34). The first-order valence-corrected chi connectivity index (χ1v) is 15.4. The lowest BCUT2D eigenvalue weighted by Gasteiger charge is -2.34. The summed E-state index contributed by atoms with van der Waals surface area (Å²) in [5.74, 6) is 1.11. The monoisotopic (exact) mass is 611 g/mol. The molecule has 0 bridgehead atoms. The van der Waals surface area contributed by atoms with E-state index in [1.807, 2.05) is 44.2 Å². The van der Waals surface area contributed by atoms with E-state index in [0.29, 0.717) is 34.2 Å². The second kappa shape index (κ2) is 12.2. The lowest BCUT2D eigenvalue weighted by Crippen LogP contribution is -2.44. The highest BCUT2D eigenvalue weighted by Crippen LogP contribution is 2.40. The zero-order valence-electron chi connectivity index (χ0n) is 24.3. The van der Waals surface area contributed by atoms with Crippen LogP contribution < -0.4 is 19.1 Å². The Bertz CT molecular complexity index is 1700. The summed E-state index contributed by atoms with van der Waals surface area (Å²) in [4.78, 5) is 13.7. The number of methoxy groups -OCH3 is 1. The number of nitrogens with one attached hydrogen (secondary N) is 1. The molecule has 1 N–H and O–H groups in total. The van der Waals surface area contributed by atoms with Crippen molar-refractivity contribution in [3.05, 3.63) is 64.9 Å². The van der Waals surface area contributed by atoms with Crippen molar-refractivity contribution in [2.24, 2.45) is 7.05 Å². The summed E-state index contributed by atoms with van der Waals surface area (Å²) in [6.07, 6.45) is 3.17. The van der Waals surface area contributed by atoms with E-state index in [9.17, 15) is 8.42 Å². The minimum Gasteiger partial charge on any atom is -0.497 e. The first-order chi connectivity index (χ1) is 20.1. The van der Waals surface area contributed by atoms with Gasteiger partial charge < -0.3 is 19.3 Å². The highest BCUT2D eigenvalue weighted by molar-refractivity contribution is 7.92. The summed E-state index contributed by atoms with van der Waals surface area (Å²) in [6, 6.07) is 11.3. The fourth-order valence-corrected chi connectivity index (χ4v) is 6.02. The van der Waals surface area contributed by atoms with Gasteiger partial charge in [-0.15, -0.1) is 0 Å². The molecule has 1 fully saturated rings. The van der Waals surface area contributed by atoms with Gasteiger partial charge in [-0.2, -0.15) is 10.1 Å². The molecule has 1 aliphatic rings. The van der Waals surface area contributed by atoms with Gasteiger partial charge in [-0.1, -0.05) is 30.7 Å². The Hall–Kier alpha value is -3.87. The van der Waals surface area contributed by atoms with Crippen LogP contribution in [0.1, 0.15) is 18.1 Å². The number of likely N-dealkylation sites (N-methyl/N-ethyl adjacent to an activating group) is 1. The van der Waals surface area contributed by atoms with Crippen molar-refractivity contribution in [2.45, 2.75) is 25.2 Å². The Balaban J connectivity index is 1.62. The number of nitrogens with zero attached hydrogens (tertiary/aromatic N) is 6. The third-order valence-corrected chi connectivity index (χ3v) is 8.90. The van der Waals surface area contributed by atoms with Gasteiger partial charge in [0.05, 0.1) is 24.7 Å². The van der Waals surface area contributed by atoms with Crippen LogP contribution in [0.4, 0.5) is 11.6 Å². The molecular formula is C29H34ClN7O4S. The lowest BCUT2D eigenvalue weighted by molar-refractivity contribution is 0.313. The predicted molar refractivity (Wildman–Crippen MR) is 163 cm³/mol. The van der Waals surface area contributed by atoms with Crippen LogP contribution in [0.25, 0.3) is 11.3 Å². The third-order valence-electron chi connectivity index (χ3n) is 7.23. The molecule has 42 heavy (non-hydrogen) atoms. The van der Waals surface area contributed by atoms with Gasteiger partial charge in [0, 0.05) is 50.6 Å². The van der Waals surface area contributed by atoms with Gasteiger partial charge in [-0.25, -0.2) is 18.1 Å². The van der Waals surface area contributed by atoms with Crippen LogP contribution in [0.5, 0.6) is 17.4 Å². The quantitative estimate of drug-likeness (QED) is 0.286. The molecule has 11 nitrogen and oxygen atoms in total. The van der Waals surface area contributed by atoms with Crippen molar-refractivity contribution < 1.29 is 17.9 Å². The van der Waals surface area contributed by atoms with Gasteiger partial charge in [0.15, 0.2) is 0 Å². The minimum atomic E-state index is -4.03. The summed E-state index contributed by atoms with van der Waals surface area (Å²) in [5.41, 5.74) is 3.77. The number of aryl methyl sites for hydroxylation is 2. The summed E-state index contributed by atoms with van der Waals surface area (Å²) in [5, 5.41) is 4.44. The number of hydrogen-bond donors (Lipinski definition) is 1. The Kier molecular flexibility index (Phi) is 8.58. The molecule has 0 saturated carbocycles. The van der Waals surface area contributed by atoms with Crippen molar-refractivity contribution in [3.63, 3.8) is 0 Å². The summed E-state index contributed by atoms with van der Waals surface area (Å²) in [7, 11) is 1.30. The van der Waals surface area contributed by atoms with E-state index in [0.717, 1.165) is 43.0 Å². The molecule has 0 unspecified atom stereocenters. The largest absolute Gasteiger partial charge is 0.497 e. The summed E-state index contributed by atoms with van der Waals surface area (Å²) in [6.45, 7) is 7.45. The molecule has 0 aliphatic carbocycles. The van der Waals surface area contributed by atoms with Gasteiger partial charge in [0.2, 0.25) is 11.8 Å². The zero-order valence-corrected chi connectivity index (χ0v) is 25.8. The molecule has 222 valence electrons. The number of sulfonamides is 1. The number of anilines is 2. The van der Waals surface area contributed by atoms with Crippen molar-refractivity contribution in [3.8, 4) is 28.6 Å².